The summed E-state index contributed by atoms with van der Waals surface area (Å²) < 4.78 is 2.13. The fourth-order valence-corrected chi connectivity index (χ4v) is 4.47. The van der Waals surface area contributed by atoms with Crippen LogP contribution in [0.15, 0.2) is 29.4 Å². The van der Waals surface area contributed by atoms with Gasteiger partial charge >= 0.3 is 0 Å². The minimum absolute atomic E-state index is 1.08. The Kier molecular flexibility index (Phi) is 4.21. The molecule has 1 heterocycles. The minimum Gasteiger partial charge on any atom is -0.258 e. The molecule has 5 heteroatoms. The molecule has 0 aliphatic rings. The first-order chi connectivity index (χ1) is 7.33. The van der Waals surface area contributed by atoms with Gasteiger partial charge in [0.1, 0.15) is 0 Å². The summed E-state index contributed by atoms with van der Waals surface area (Å²) in [6.07, 6.45) is 1.21. The Balaban J connectivity index is 2.24. The average Bonchev–Trinajstić information content (AvgIpc) is 2.57. The number of hydrogen-bond donors (Lipinski definition) is 0. The van der Waals surface area contributed by atoms with Gasteiger partial charge in [0, 0.05) is 5.75 Å². The minimum atomic E-state index is 1.08. The SMILES string of the molecule is CCCSSc1nc2ccccc2n1I. The van der Waals surface area contributed by atoms with Crippen LogP contribution in [0.2, 0.25) is 0 Å². The highest BCUT2D eigenvalue weighted by Crippen LogP contribution is 2.34. The summed E-state index contributed by atoms with van der Waals surface area (Å²) in [6.45, 7) is 2.20. The van der Waals surface area contributed by atoms with Crippen LogP contribution >= 0.6 is 44.5 Å². The Morgan fingerprint density at radius 3 is 2.93 bits per heavy atom. The van der Waals surface area contributed by atoms with Gasteiger partial charge in [0.25, 0.3) is 0 Å². The van der Waals surface area contributed by atoms with Crippen molar-refractivity contribution in [3.05, 3.63) is 24.3 Å². The highest BCUT2D eigenvalue weighted by molar-refractivity contribution is 14.1. The van der Waals surface area contributed by atoms with Gasteiger partial charge in [-0.2, -0.15) is 0 Å². The zero-order chi connectivity index (χ0) is 10.7. The van der Waals surface area contributed by atoms with Crippen LogP contribution in [0.4, 0.5) is 0 Å². The smallest absolute Gasteiger partial charge is 0.188 e. The molecule has 0 N–H and O–H groups in total. The van der Waals surface area contributed by atoms with Crippen LogP contribution in [0, 0.1) is 0 Å². The third-order valence-corrected chi connectivity index (χ3v) is 5.62. The normalized spacial score (nSPS) is 11.1. The number of hydrogen-bond acceptors (Lipinski definition) is 3. The first-order valence-corrected chi connectivity index (χ1v) is 8.04. The highest BCUT2D eigenvalue weighted by Gasteiger charge is 2.08. The number of nitrogens with zero attached hydrogens (tertiary/aromatic N) is 2. The van der Waals surface area contributed by atoms with Gasteiger partial charge in [-0.3, -0.25) is 2.78 Å². The maximum atomic E-state index is 4.58. The van der Waals surface area contributed by atoms with Crippen molar-refractivity contribution in [2.45, 2.75) is 18.5 Å². The molecule has 0 unspecified atom stereocenters. The molecule has 0 fully saturated rings. The number of benzene rings is 1. The summed E-state index contributed by atoms with van der Waals surface area (Å²) >= 11 is 2.31. The van der Waals surface area contributed by atoms with E-state index in [4.69, 9.17) is 0 Å². The van der Waals surface area contributed by atoms with Crippen molar-refractivity contribution in [3.8, 4) is 0 Å². The van der Waals surface area contributed by atoms with Crippen molar-refractivity contribution in [1.29, 1.82) is 0 Å². The molecule has 0 saturated carbocycles. The predicted octanol–water partition coefficient (Wildman–Crippen LogP) is 4.38. The monoisotopic (exact) mass is 350 g/mol. The lowest BCUT2D eigenvalue weighted by Crippen LogP contribution is -1.80. The van der Waals surface area contributed by atoms with E-state index < -0.39 is 0 Å². The van der Waals surface area contributed by atoms with E-state index in [2.05, 4.69) is 49.7 Å². The Morgan fingerprint density at radius 2 is 2.20 bits per heavy atom. The molecule has 2 aromatic rings. The molecule has 0 spiro atoms. The van der Waals surface area contributed by atoms with Crippen molar-refractivity contribution in [1.82, 2.24) is 7.76 Å². The molecule has 0 amide bonds. The van der Waals surface area contributed by atoms with E-state index in [1.807, 2.05) is 22.9 Å². The van der Waals surface area contributed by atoms with Crippen LogP contribution < -0.4 is 0 Å². The summed E-state index contributed by atoms with van der Waals surface area (Å²) in [7, 11) is 3.62. The van der Waals surface area contributed by atoms with Crippen LogP contribution in [-0.4, -0.2) is 13.5 Å². The third-order valence-electron chi connectivity index (χ3n) is 1.90. The largest absolute Gasteiger partial charge is 0.258 e. The maximum absolute atomic E-state index is 4.58. The zero-order valence-corrected chi connectivity index (χ0v) is 12.1. The molecule has 0 saturated heterocycles. The van der Waals surface area contributed by atoms with E-state index in [0.717, 1.165) is 10.7 Å². The first-order valence-electron chi connectivity index (χ1n) is 4.76. The molecule has 0 aliphatic carbocycles. The van der Waals surface area contributed by atoms with E-state index in [-0.39, 0.29) is 0 Å². The van der Waals surface area contributed by atoms with E-state index in [0.29, 0.717) is 0 Å². The molecule has 1 aromatic heterocycles. The van der Waals surface area contributed by atoms with Crippen LogP contribution in [0.5, 0.6) is 0 Å². The summed E-state index contributed by atoms with van der Waals surface area (Å²) in [5.41, 5.74) is 2.27. The molecule has 2 nitrogen and oxygen atoms in total. The van der Waals surface area contributed by atoms with Crippen molar-refractivity contribution in [2.24, 2.45) is 0 Å². The summed E-state index contributed by atoms with van der Waals surface area (Å²) in [4.78, 5) is 4.58. The lowest BCUT2D eigenvalue weighted by Gasteiger charge is -1.97. The quantitative estimate of drug-likeness (QED) is 0.463. The fraction of sp³-hybridized carbons (Fsp3) is 0.300. The van der Waals surface area contributed by atoms with Gasteiger partial charge < -0.3 is 0 Å². The molecule has 0 radical (unpaired) electrons. The predicted molar refractivity (Wildman–Crippen MR) is 77.8 cm³/mol. The molecule has 0 bridgehead atoms. The molecular weight excluding hydrogens is 339 g/mol. The molecule has 0 atom stereocenters. The third kappa shape index (κ3) is 2.62. The van der Waals surface area contributed by atoms with Crippen LogP contribution in [0.3, 0.4) is 0 Å². The number of aromatic nitrogens is 2. The van der Waals surface area contributed by atoms with Crippen molar-refractivity contribution in [2.75, 3.05) is 5.75 Å². The van der Waals surface area contributed by atoms with Gasteiger partial charge in [-0.25, -0.2) is 4.98 Å². The topological polar surface area (TPSA) is 17.8 Å². The standard InChI is InChI=1S/C10H11IN2S2/c1-2-7-14-15-10-12-8-5-3-4-6-9(8)13(10)11/h3-6H,2,7H2,1H3. The molecule has 0 aliphatic heterocycles. The van der Waals surface area contributed by atoms with Crippen molar-refractivity contribution >= 4 is 55.5 Å². The second kappa shape index (κ2) is 5.45. The number of rotatable bonds is 4. The zero-order valence-electron chi connectivity index (χ0n) is 8.31. The lowest BCUT2D eigenvalue weighted by atomic mass is 10.3. The summed E-state index contributed by atoms with van der Waals surface area (Å²) in [5, 5.41) is 1.08. The van der Waals surface area contributed by atoms with Gasteiger partial charge in [0.05, 0.1) is 33.9 Å². The van der Waals surface area contributed by atoms with E-state index >= 15 is 0 Å². The summed E-state index contributed by atoms with van der Waals surface area (Å²) in [6, 6.07) is 8.23. The van der Waals surface area contributed by atoms with Gasteiger partial charge in [-0.15, -0.1) is 0 Å². The van der Waals surface area contributed by atoms with Gasteiger partial charge in [0.15, 0.2) is 5.16 Å². The Morgan fingerprint density at radius 1 is 1.40 bits per heavy atom. The number of imidazole rings is 1. The van der Waals surface area contributed by atoms with Crippen LogP contribution in [-0.2, 0) is 0 Å². The number of halogens is 1. The highest BCUT2D eigenvalue weighted by atomic mass is 127. The molecular formula is C10H11IN2S2. The number of para-hydroxylation sites is 2. The summed E-state index contributed by atoms with van der Waals surface area (Å²) in [5.74, 6) is 1.17. The molecule has 80 valence electrons. The van der Waals surface area contributed by atoms with E-state index in [1.165, 1.54) is 17.7 Å². The molecule has 1 aromatic carbocycles. The van der Waals surface area contributed by atoms with E-state index in [1.54, 1.807) is 10.8 Å². The van der Waals surface area contributed by atoms with Crippen LogP contribution in [0.25, 0.3) is 11.0 Å². The van der Waals surface area contributed by atoms with Gasteiger partial charge in [-0.1, -0.05) is 29.9 Å². The van der Waals surface area contributed by atoms with Crippen molar-refractivity contribution in [3.63, 3.8) is 0 Å². The second-order valence-electron chi connectivity index (χ2n) is 3.07. The van der Waals surface area contributed by atoms with Crippen molar-refractivity contribution < 1.29 is 0 Å². The molecule has 2 rings (SSSR count). The number of fused-ring (bicyclic) bond motifs is 1. The maximum Gasteiger partial charge on any atom is 0.188 e. The van der Waals surface area contributed by atoms with Gasteiger partial charge in [-0.05, 0) is 29.3 Å². The second-order valence-corrected chi connectivity index (χ2v) is 6.42. The Bertz CT molecular complexity index is 456. The first kappa shape index (κ1) is 11.6. The Labute approximate surface area is 111 Å². The lowest BCUT2D eigenvalue weighted by molar-refractivity contribution is 1.07. The Hall–Kier alpha value is 0.120. The molecule has 15 heavy (non-hydrogen) atoms. The van der Waals surface area contributed by atoms with Crippen LogP contribution in [0.1, 0.15) is 13.3 Å². The fourth-order valence-electron chi connectivity index (χ4n) is 1.20. The van der Waals surface area contributed by atoms with Gasteiger partial charge in [0.2, 0.25) is 0 Å². The average molecular weight is 350 g/mol. The van der Waals surface area contributed by atoms with E-state index in [9.17, 15) is 0 Å².